The van der Waals surface area contributed by atoms with Gasteiger partial charge in [0.25, 0.3) is 0 Å². The van der Waals surface area contributed by atoms with Crippen LogP contribution in [0.15, 0.2) is 54.6 Å². The lowest BCUT2D eigenvalue weighted by Crippen LogP contribution is -2.51. The molecule has 1 aromatic heterocycles. The lowest BCUT2D eigenvalue weighted by atomic mass is 9.75. The molecular weight excluding hydrogens is 1010 g/mol. The Balaban J connectivity index is 0.751. The maximum Gasteiger partial charge on any atom is 0.329 e. The highest BCUT2D eigenvalue weighted by Gasteiger charge is 2.51. The molecule has 5 aliphatic rings. The predicted octanol–water partition coefficient (Wildman–Crippen LogP) is 8.27. The third kappa shape index (κ3) is 9.76. The number of amides is 5. The van der Waals surface area contributed by atoms with Gasteiger partial charge in [0.2, 0.25) is 17.7 Å². The number of imide groups is 1. The predicted molar refractivity (Wildman–Crippen MR) is 277 cm³/mol. The summed E-state index contributed by atoms with van der Waals surface area (Å²) in [7, 11) is 1.56. The number of ether oxygens (including phenoxy) is 2. The molecule has 5 amide bonds. The summed E-state index contributed by atoms with van der Waals surface area (Å²) >= 11 is 6.74. The fraction of sp³-hybridized carbons (Fsp3) is 0.482. The zero-order valence-corrected chi connectivity index (χ0v) is 43.5. The molecule has 15 nitrogen and oxygen atoms in total. The van der Waals surface area contributed by atoms with Crippen LogP contribution in [0.3, 0.4) is 0 Å². The quantitative estimate of drug-likeness (QED) is 0.0790. The van der Waals surface area contributed by atoms with Crippen LogP contribution < -0.4 is 30.7 Å². The number of halogens is 5. The average molecular weight is 1070 g/mol. The van der Waals surface area contributed by atoms with Crippen molar-refractivity contribution in [3.63, 3.8) is 0 Å². The van der Waals surface area contributed by atoms with Crippen LogP contribution in [0.5, 0.6) is 11.5 Å². The molecule has 4 aliphatic heterocycles. The minimum absolute atomic E-state index is 0.000155. The third-order valence-corrected chi connectivity index (χ3v) is 17.2. The van der Waals surface area contributed by atoms with Crippen molar-refractivity contribution in [3.05, 3.63) is 105 Å². The number of aliphatic hydroxyl groups is 1. The topological polar surface area (TPSA) is 185 Å². The first-order valence-corrected chi connectivity index (χ1v) is 26.7. The zero-order chi connectivity index (χ0) is 53.7. The van der Waals surface area contributed by atoms with E-state index in [1.165, 1.54) is 33.8 Å². The number of aliphatic hydroxyl groups excluding tert-OH is 1. The minimum atomic E-state index is -1.15. The number of carbonyl (C=O) groups is 4. The van der Waals surface area contributed by atoms with Gasteiger partial charge in [0, 0.05) is 92.4 Å². The number of aryl methyl sites for hydroxylation is 1. The summed E-state index contributed by atoms with van der Waals surface area (Å²) in [6, 6.07) is 13.8. The number of fused-ring (bicyclic) bond motifs is 2. The monoisotopic (exact) mass is 1070 g/mol. The summed E-state index contributed by atoms with van der Waals surface area (Å²) in [5.74, 6) is -5.01. The fourth-order valence-corrected chi connectivity index (χ4v) is 13.0. The second kappa shape index (κ2) is 21.6. The van der Waals surface area contributed by atoms with Gasteiger partial charge in [-0.15, -0.1) is 0 Å². The number of rotatable bonds is 14. The summed E-state index contributed by atoms with van der Waals surface area (Å²) in [5, 5.41) is 19.5. The van der Waals surface area contributed by atoms with Crippen molar-refractivity contribution in [2.75, 3.05) is 63.9 Å². The number of nitrogens with one attached hydrogen (secondary N) is 2. The minimum Gasteiger partial charge on any atom is -0.488 e. The molecule has 76 heavy (non-hydrogen) atoms. The molecule has 404 valence electrons. The van der Waals surface area contributed by atoms with E-state index in [1.807, 2.05) is 42.2 Å². The number of carbonyl (C=O) groups excluding carboxylic acids is 4. The van der Waals surface area contributed by atoms with Crippen molar-refractivity contribution < 1.29 is 51.3 Å². The smallest absolute Gasteiger partial charge is 0.329 e. The zero-order valence-electron chi connectivity index (χ0n) is 42.8. The summed E-state index contributed by atoms with van der Waals surface area (Å²) in [5.41, 5.74) is 5.31. The van der Waals surface area contributed by atoms with Crippen molar-refractivity contribution >= 4 is 52.1 Å². The lowest BCUT2D eigenvalue weighted by molar-refractivity contribution is -0.138. The van der Waals surface area contributed by atoms with Crippen LogP contribution in [-0.2, 0) is 22.2 Å². The molecule has 1 saturated carbocycles. The number of hydrogen-bond donors (Lipinski definition) is 4. The first kappa shape index (κ1) is 53.1. The number of nitrogens with two attached hydrogens (primary N) is 1. The summed E-state index contributed by atoms with van der Waals surface area (Å²) in [4.78, 5) is 56.8. The van der Waals surface area contributed by atoms with Crippen molar-refractivity contribution in [1.82, 2.24) is 30.2 Å². The van der Waals surface area contributed by atoms with E-state index in [1.54, 1.807) is 7.05 Å². The van der Waals surface area contributed by atoms with E-state index in [0.29, 0.717) is 63.3 Å². The highest BCUT2D eigenvalue weighted by molar-refractivity contribution is 6.34. The van der Waals surface area contributed by atoms with Gasteiger partial charge < -0.3 is 35.4 Å². The lowest BCUT2D eigenvalue weighted by Gasteiger charge is -2.41. The Morgan fingerprint density at radius 3 is 2.34 bits per heavy atom. The highest BCUT2D eigenvalue weighted by Crippen LogP contribution is 2.57. The van der Waals surface area contributed by atoms with E-state index in [9.17, 15) is 24.3 Å². The average Bonchev–Trinajstić information content (AvgIpc) is 3.88. The summed E-state index contributed by atoms with van der Waals surface area (Å²) < 4.78 is 78.2. The number of likely N-dealkylation sites (tertiary alicyclic amines) is 2. The Hall–Kier alpha value is -6.28. The number of benzene rings is 4. The van der Waals surface area contributed by atoms with E-state index in [2.05, 4.69) is 27.6 Å². The second-order valence-electron chi connectivity index (χ2n) is 21.3. The molecule has 5 N–H and O–H groups in total. The van der Waals surface area contributed by atoms with Gasteiger partial charge in [-0.05, 0) is 99.6 Å². The van der Waals surface area contributed by atoms with Crippen LogP contribution in [0.2, 0.25) is 5.02 Å². The largest absolute Gasteiger partial charge is 0.488 e. The van der Waals surface area contributed by atoms with E-state index < -0.39 is 64.3 Å². The summed E-state index contributed by atoms with van der Waals surface area (Å²) in [6.45, 7) is 7.27. The summed E-state index contributed by atoms with van der Waals surface area (Å²) in [6.07, 6.45) is 5.04. The van der Waals surface area contributed by atoms with Gasteiger partial charge in [-0.1, -0.05) is 55.8 Å². The molecule has 20 heteroatoms. The molecule has 4 fully saturated rings. The number of hydrogen-bond acceptors (Lipinski definition) is 10. The van der Waals surface area contributed by atoms with Crippen molar-refractivity contribution in [2.24, 2.45) is 30.5 Å². The van der Waals surface area contributed by atoms with Gasteiger partial charge in [0.1, 0.15) is 29.5 Å². The van der Waals surface area contributed by atoms with Gasteiger partial charge in [-0.2, -0.15) is 5.10 Å². The van der Waals surface area contributed by atoms with Gasteiger partial charge >= 0.3 is 6.03 Å². The van der Waals surface area contributed by atoms with Gasteiger partial charge in [0.15, 0.2) is 28.8 Å². The Morgan fingerprint density at radius 1 is 0.921 bits per heavy atom. The van der Waals surface area contributed by atoms with E-state index in [4.69, 9.17) is 26.8 Å². The number of nitrogens with zero attached hydrogens (tertiary/aromatic N) is 5. The molecule has 3 saturated heterocycles. The van der Waals surface area contributed by atoms with E-state index >= 15 is 17.6 Å². The van der Waals surface area contributed by atoms with Crippen LogP contribution in [-0.4, -0.2) is 114 Å². The van der Waals surface area contributed by atoms with Crippen LogP contribution in [0.4, 0.5) is 28.2 Å². The molecule has 0 bridgehead atoms. The number of urea groups is 1. The maximum absolute atomic E-state index is 16.5. The first-order valence-electron chi connectivity index (χ1n) is 26.3. The van der Waals surface area contributed by atoms with Crippen LogP contribution in [0, 0.1) is 41.0 Å². The fourth-order valence-electron chi connectivity index (χ4n) is 12.8. The number of primary amides is 1. The molecule has 5 heterocycles. The Kier molecular flexibility index (Phi) is 15.1. The van der Waals surface area contributed by atoms with Crippen LogP contribution in [0.25, 0.3) is 22.0 Å². The molecule has 4 aromatic carbocycles. The number of piperidine rings is 2. The Bertz CT molecular complexity index is 3080. The molecule has 5 atom stereocenters. The van der Waals surface area contributed by atoms with E-state index in [0.717, 1.165) is 31.4 Å². The van der Waals surface area contributed by atoms with Crippen molar-refractivity contribution in [1.29, 1.82) is 0 Å². The normalized spacial score (nSPS) is 23.7. The maximum atomic E-state index is 16.5. The first-order chi connectivity index (χ1) is 36.5. The van der Waals surface area contributed by atoms with Crippen molar-refractivity contribution in [2.45, 2.75) is 88.7 Å². The van der Waals surface area contributed by atoms with Crippen molar-refractivity contribution in [3.8, 4) is 22.6 Å². The van der Waals surface area contributed by atoms with Gasteiger partial charge in [0.05, 0.1) is 22.6 Å². The number of anilines is 1. The molecule has 1 aliphatic carbocycles. The highest BCUT2D eigenvalue weighted by atomic mass is 35.5. The Morgan fingerprint density at radius 2 is 1.66 bits per heavy atom. The standard InChI is InChI=1S/C56H63ClF4N8O7/c1-30-25-34(54(73)68-20-13-32(14-21-68)28-67-18-15-33(16-19-67)45-38(58)26-37-51(50(45)61)66(3)65-53(37)69-22-17-43(71)64-55(69)74)9-11-40(30)63-29-56(35-7-5-4-6-8-35)31(2)44-42(76-56)27-39(59)48(57)47(44)46-36(52(62)72)10-12-41(49(46)60)75-24-23-70/h4-8,10,12,26-27,30-34,40,63,70H,9,11,13-25,28-29H2,1-3H3,(H2,62,72)(H,64,71,74)/t30-,31-,34-,40+,56-/m0/s1. The second-order valence-corrected chi connectivity index (χ2v) is 21.7. The third-order valence-electron chi connectivity index (χ3n) is 16.8. The SMILES string of the molecule is C[C@H]1C[C@@H](C(=O)N2CCC(CN3CCC(c4c(F)cc5c(N6CCC(=O)NC6=O)nn(C)c5c4F)CC3)CC2)CC[C@H]1NC[C@]1(c2ccccc2)Oc2cc(F)c(Cl)c(-c3c(C(N)=O)ccc(OCCO)c3F)c2[C@@H]1C. The molecule has 0 radical (unpaired) electrons. The Labute approximate surface area is 443 Å². The molecule has 0 spiro atoms. The van der Waals surface area contributed by atoms with E-state index in [-0.39, 0.29) is 106 Å². The molecular formula is C56H63ClF4N8O7. The van der Waals surface area contributed by atoms with Gasteiger partial charge in [-0.3, -0.25) is 29.3 Å². The van der Waals surface area contributed by atoms with Crippen LogP contribution >= 0.6 is 11.6 Å². The molecule has 10 rings (SSSR count). The molecule has 5 aromatic rings. The number of aromatic nitrogens is 2. The van der Waals surface area contributed by atoms with Gasteiger partial charge in [-0.25, -0.2) is 22.4 Å². The molecule has 0 unspecified atom stereocenters. The van der Waals surface area contributed by atoms with Crippen LogP contribution in [0.1, 0.15) is 104 Å².